The SMILES string of the molecule is Cc1ccc(Cc2nc(C(=O)NC3COc4ccccc4NC3=O)n[nH]2)cc1. The zero-order chi connectivity index (χ0) is 19.5. The number of carbonyl (C=O) groups is 2. The van der Waals surface area contributed by atoms with E-state index in [9.17, 15) is 9.59 Å². The fraction of sp³-hybridized carbons (Fsp3) is 0.200. The number of aromatic nitrogens is 3. The minimum absolute atomic E-state index is 0.0170. The maximum absolute atomic E-state index is 12.5. The fourth-order valence-corrected chi connectivity index (χ4v) is 2.87. The van der Waals surface area contributed by atoms with Gasteiger partial charge in [0, 0.05) is 6.42 Å². The Morgan fingerprint density at radius 2 is 2.00 bits per heavy atom. The van der Waals surface area contributed by atoms with Crippen LogP contribution < -0.4 is 15.4 Å². The smallest absolute Gasteiger partial charge is 0.291 e. The zero-order valence-electron chi connectivity index (χ0n) is 15.2. The largest absolute Gasteiger partial charge is 0.489 e. The van der Waals surface area contributed by atoms with Crippen LogP contribution in [-0.2, 0) is 11.2 Å². The Bertz CT molecular complexity index is 1010. The Morgan fingerprint density at radius 3 is 2.82 bits per heavy atom. The summed E-state index contributed by atoms with van der Waals surface area (Å²) >= 11 is 0. The third-order valence-corrected chi connectivity index (χ3v) is 4.40. The van der Waals surface area contributed by atoms with Crippen LogP contribution in [-0.4, -0.2) is 39.6 Å². The molecule has 8 heteroatoms. The molecule has 1 aromatic heterocycles. The average Bonchev–Trinajstić information content (AvgIpc) is 3.10. The number of rotatable bonds is 4. The minimum Gasteiger partial charge on any atom is -0.489 e. The van der Waals surface area contributed by atoms with Crippen molar-refractivity contribution < 1.29 is 14.3 Å². The summed E-state index contributed by atoms with van der Waals surface area (Å²) in [5.74, 6) is 0.223. The van der Waals surface area contributed by atoms with E-state index in [1.807, 2.05) is 37.3 Å². The molecular weight excluding hydrogens is 358 g/mol. The maximum atomic E-state index is 12.5. The summed E-state index contributed by atoms with van der Waals surface area (Å²) in [6.45, 7) is 2.04. The quantitative estimate of drug-likeness (QED) is 0.643. The second-order valence-electron chi connectivity index (χ2n) is 6.59. The van der Waals surface area contributed by atoms with Gasteiger partial charge < -0.3 is 15.4 Å². The van der Waals surface area contributed by atoms with Gasteiger partial charge in [0.2, 0.25) is 5.82 Å². The Balaban J connectivity index is 1.41. The van der Waals surface area contributed by atoms with Crippen molar-refractivity contribution in [3.8, 4) is 5.75 Å². The number of H-pyrrole nitrogens is 1. The Hall–Kier alpha value is -3.68. The van der Waals surface area contributed by atoms with Crippen LogP contribution in [0.1, 0.15) is 27.6 Å². The highest BCUT2D eigenvalue weighted by Gasteiger charge is 2.27. The number of para-hydroxylation sites is 2. The first-order valence-electron chi connectivity index (χ1n) is 8.89. The number of benzene rings is 2. The number of ether oxygens (including phenoxy) is 1. The molecule has 0 spiro atoms. The van der Waals surface area contributed by atoms with E-state index in [1.165, 1.54) is 5.56 Å². The summed E-state index contributed by atoms with van der Waals surface area (Å²) in [6.07, 6.45) is 0.531. The maximum Gasteiger partial charge on any atom is 0.291 e. The number of aryl methyl sites for hydroxylation is 1. The predicted molar refractivity (Wildman–Crippen MR) is 102 cm³/mol. The molecule has 1 unspecified atom stereocenters. The lowest BCUT2D eigenvalue weighted by Crippen LogP contribution is -2.46. The summed E-state index contributed by atoms with van der Waals surface area (Å²) in [4.78, 5) is 29.1. The minimum atomic E-state index is -0.848. The molecular formula is C20H19N5O3. The molecule has 0 aliphatic carbocycles. The van der Waals surface area contributed by atoms with E-state index >= 15 is 0 Å². The number of hydrogen-bond donors (Lipinski definition) is 3. The molecule has 3 aromatic rings. The van der Waals surface area contributed by atoms with Crippen LogP contribution in [0.2, 0.25) is 0 Å². The van der Waals surface area contributed by atoms with Crippen LogP contribution in [0.25, 0.3) is 0 Å². The van der Waals surface area contributed by atoms with Crippen LogP contribution >= 0.6 is 0 Å². The molecule has 142 valence electrons. The molecule has 0 saturated carbocycles. The van der Waals surface area contributed by atoms with Crippen molar-refractivity contribution in [2.75, 3.05) is 11.9 Å². The highest BCUT2D eigenvalue weighted by Crippen LogP contribution is 2.26. The summed E-state index contributed by atoms with van der Waals surface area (Å²) in [5, 5.41) is 12.1. The molecule has 0 bridgehead atoms. The van der Waals surface area contributed by atoms with Crippen LogP contribution in [0.3, 0.4) is 0 Å². The van der Waals surface area contributed by atoms with Gasteiger partial charge in [-0.1, -0.05) is 42.0 Å². The molecule has 2 amide bonds. The van der Waals surface area contributed by atoms with E-state index in [2.05, 4.69) is 25.8 Å². The first kappa shape index (κ1) is 17.7. The molecule has 2 aromatic carbocycles. The van der Waals surface area contributed by atoms with E-state index in [-0.39, 0.29) is 18.3 Å². The van der Waals surface area contributed by atoms with Crippen molar-refractivity contribution in [3.05, 3.63) is 71.3 Å². The number of anilines is 1. The standard InChI is InChI=1S/C20H19N5O3/c1-12-6-8-13(9-7-12)10-17-23-18(25-24-17)20(27)22-15-11-28-16-5-3-2-4-14(16)21-19(15)26/h2-9,15H,10-11H2,1H3,(H,21,26)(H,22,27)(H,23,24,25). The van der Waals surface area contributed by atoms with Crippen molar-refractivity contribution in [3.63, 3.8) is 0 Å². The molecule has 0 fully saturated rings. The number of aromatic amines is 1. The van der Waals surface area contributed by atoms with Gasteiger partial charge in [-0.05, 0) is 24.6 Å². The van der Waals surface area contributed by atoms with Crippen molar-refractivity contribution in [2.24, 2.45) is 0 Å². The van der Waals surface area contributed by atoms with Gasteiger partial charge in [0.05, 0.1) is 5.69 Å². The summed E-state index contributed by atoms with van der Waals surface area (Å²) in [5.41, 5.74) is 2.80. The lowest BCUT2D eigenvalue weighted by atomic mass is 10.1. The predicted octanol–water partition coefficient (Wildman–Crippen LogP) is 1.83. The number of hydrogen-bond acceptors (Lipinski definition) is 5. The fourth-order valence-electron chi connectivity index (χ4n) is 2.87. The van der Waals surface area contributed by atoms with Crippen molar-refractivity contribution in [1.29, 1.82) is 0 Å². The highest BCUT2D eigenvalue weighted by molar-refractivity contribution is 6.01. The van der Waals surface area contributed by atoms with Gasteiger partial charge in [-0.15, -0.1) is 5.10 Å². The van der Waals surface area contributed by atoms with Crippen molar-refractivity contribution in [1.82, 2.24) is 20.5 Å². The summed E-state index contributed by atoms with van der Waals surface area (Å²) in [7, 11) is 0. The number of fused-ring (bicyclic) bond motifs is 1. The average molecular weight is 377 g/mol. The Morgan fingerprint density at radius 1 is 1.21 bits per heavy atom. The van der Waals surface area contributed by atoms with E-state index in [0.717, 1.165) is 5.56 Å². The molecule has 1 atom stereocenters. The number of nitrogens with one attached hydrogen (secondary N) is 3. The van der Waals surface area contributed by atoms with Crippen molar-refractivity contribution in [2.45, 2.75) is 19.4 Å². The molecule has 4 rings (SSSR count). The molecule has 1 aliphatic heterocycles. The Kier molecular flexibility index (Phi) is 4.76. The van der Waals surface area contributed by atoms with Crippen LogP contribution in [0, 0.1) is 6.92 Å². The molecule has 2 heterocycles. The van der Waals surface area contributed by atoms with Gasteiger partial charge in [0.25, 0.3) is 11.8 Å². The van der Waals surface area contributed by atoms with Gasteiger partial charge in [-0.25, -0.2) is 4.98 Å². The van der Waals surface area contributed by atoms with Crippen LogP contribution in [0.5, 0.6) is 5.75 Å². The molecule has 28 heavy (non-hydrogen) atoms. The lowest BCUT2D eigenvalue weighted by Gasteiger charge is -2.13. The molecule has 3 N–H and O–H groups in total. The topological polar surface area (TPSA) is 109 Å². The molecule has 0 radical (unpaired) electrons. The van der Waals surface area contributed by atoms with E-state index in [1.54, 1.807) is 18.2 Å². The van der Waals surface area contributed by atoms with Crippen LogP contribution in [0.15, 0.2) is 48.5 Å². The second-order valence-corrected chi connectivity index (χ2v) is 6.59. The number of nitrogens with zero attached hydrogens (tertiary/aromatic N) is 2. The molecule has 8 nitrogen and oxygen atoms in total. The Labute approximate surface area is 161 Å². The first-order chi connectivity index (χ1) is 13.6. The van der Waals surface area contributed by atoms with Gasteiger partial charge in [-0.3, -0.25) is 14.7 Å². The van der Waals surface area contributed by atoms with Gasteiger partial charge in [0.1, 0.15) is 24.2 Å². The lowest BCUT2D eigenvalue weighted by molar-refractivity contribution is -0.118. The van der Waals surface area contributed by atoms with Crippen molar-refractivity contribution >= 4 is 17.5 Å². The monoisotopic (exact) mass is 377 g/mol. The third kappa shape index (κ3) is 3.85. The van der Waals surface area contributed by atoms with Gasteiger partial charge >= 0.3 is 0 Å². The summed E-state index contributed by atoms with van der Waals surface area (Å²) in [6, 6.07) is 14.3. The second kappa shape index (κ2) is 7.51. The van der Waals surface area contributed by atoms with E-state index in [0.29, 0.717) is 23.7 Å². The van der Waals surface area contributed by atoms with Crippen LogP contribution in [0.4, 0.5) is 5.69 Å². The highest BCUT2D eigenvalue weighted by atomic mass is 16.5. The number of amides is 2. The zero-order valence-corrected chi connectivity index (χ0v) is 15.2. The van der Waals surface area contributed by atoms with E-state index in [4.69, 9.17) is 4.74 Å². The molecule has 0 saturated heterocycles. The van der Waals surface area contributed by atoms with E-state index < -0.39 is 11.9 Å². The molecule has 1 aliphatic rings. The summed E-state index contributed by atoms with van der Waals surface area (Å²) < 4.78 is 5.62. The first-order valence-corrected chi connectivity index (χ1v) is 8.89. The van der Waals surface area contributed by atoms with Gasteiger partial charge in [0.15, 0.2) is 0 Å². The van der Waals surface area contributed by atoms with Gasteiger partial charge in [-0.2, -0.15) is 0 Å². The number of carbonyl (C=O) groups excluding carboxylic acids is 2. The normalized spacial score (nSPS) is 15.8. The third-order valence-electron chi connectivity index (χ3n) is 4.40.